The normalized spacial score (nSPS) is 20.4. The van der Waals surface area contributed by atoms with Crippen molar-refractivity contribution in [1.82, 2.24) is 0 Å². The van der Waals surface area contributed by atoms with Gasteiger partial charge in [0.15, 0.2) is 0 Å². The molecule has 1 unspecified atom stereocenters. The molecule has 0 heterocycles. The Bertz CT molecular complexity index is 330. The van der Waals surface area contributed by atoms with Crippen LogP contribution in [0.2, 0.25) is 0 Å². The maximum Gasteiger partial charge on any atom is 0.0207 e. The van der Waals surface area contributed by atoms with Crippen LogP contribution in [0.3, 0.4) is 0 Å². The van der Waals surface area contributed by atoms with E-state index in [0.717, 1.165) is 6.42 Å². The Kier molecular flexibility index (Phi) is 2.31. The van der Waals surface area contributed by atoms with Crippen molar-refractivity contribution in [1.29, 1.82) is 0 Å². The van der Waals surface area contributed by atoms with Crippen molar-refractivity contribution in [3.63, 3.8) is 0 Å². The maximum atomic E-state index is 2.34. The van der Waals surface area contributed by atoms with Gasteiger partial charge in [0, 0.05) is 5.92 Å². The fourth-order valence-corrected chi connectivity index (χ4v) is 1.69. The molecule has 0 nitrogen and oxygen atoms in total. The molecule has 1 atom stereocenters. The molecule has 0 bridgehead atoms. The second-order valence-corrected chi connectivity index (χ2v) is 3.39. The molecule has 2 rings (SSSR count). The number of benzene rings is 1. The third-order valence-corrected chi connectivity index (χ3v) is 2.50. The highest BCUT2D eigenvalue weighted by Gasteiger charge is 2.09. The number of hydrogen-bond donors (Lipinski definition) is 0. The highest BCUT2D eigenvalue weighted by molar-refractivity contribution is 5.39. The van der Waals surface area contributed by atoms with E-state index in [9.17, 15) is 0 Å². The monoisotopic (exact) mass is 170 g/mol. The zero-order valence-electron chi connectivity index (χ0n) is 7.90. The molecule has 0 saturated heterocycles. The summed E-state index contributed by atoms with van der Waals surface area (Å²) in [4.78, 5) is 0. The first-order chi connectivity index (χ1) is 6.40. The molecule has 0 N–H and O–H groups in total. The Morgan fingerprint density at radius 2 is 1.92 bits per heavy atom. The van der Waals surface area contributed by atoms with E-state index in [1.165, 1.54) is 11.1 Å². The number of hydrogen-bond acceptors (Lipinski definition) is 0. The van der Waals surface area contributed by atoms with E-state index >= 15 is 0 Å². The first-order valence-electron chi connectivity index (χ1n) is 4.84. The van der Waals surface area contributed by atoms with E-state index in [2.05, 4.69) is 55.5 Å². The van der Waals surface area contributed by atoms with Crippen LogP contribution in [0.15, 0.2) is 54.1 Å². The Morgan fingerprint density at radius 1 is 1.15 bits per heavy atom. The molecule has 0 radical (unpaired) electrons. The van der Waals surface area contributed by atoms with Crippen molar-refractivity contribution in [3.8, 4) is 0 Å². The molecule has 0 spiro atoms. The molecule has 0 aromatic heterocycles. The average molecular weight is 170 g/mol. The minimum atomic E-state index is 0.510. The zero-order chi connectivity index (χ0) is 9.10. The quantitative estimate of drug-likeness (QED) is 0.635. The molecule has 0 fully saturated rings. The summed E-state index contributed by atoms with van der Waals surface area (Å²) in [6, 6.07) is 10.6. The molecule has 1 aliphatic carbocycles. The minimum absolute atomic E-state index is 0.510. The van der Waals surface area contributed by atoms with Crippen LogP contribution in [0.1, 0.15) is 24.8 Å². The Morgan fingerprint density at radius 3 is 2.54 bits per heavy atom. The molecular formula is C13H14. The van der Waals surface area contributed by atoms with Crippen molar-refractivity contribution in [3.05, 3.63) is 59.7 Å². The lowest BCUT2D eigenvalue weighted by Gasteiger charge is -2.04. The number of rotatable bonds is 2. The van der Waals surface area contributed by atoms with Gasteiger partial charge in [0.2, 0.25) is 0 Å². The zero-order valence-corrected chi connectivity index (χ0v) is 7.90. The van der Waals surface area contributed by atoms with Gasteiger partial charge >= 0.3 is 0 Å². The summed E-state index contributed by atoms with van der Waals surface area (Å²) in [5.74, 6) is 0.510. The fourth-order valence-electron chi connectivity index (χ4n) is 1.69. The van der Waals surface area contributed by atoms with E-state index in [0.29, 0.717) is 5.92 Å². The molecule has 13 heavy (non-hydrogen) atoms. The summed E-state index contributed by atoms with van der Waals surface area (Å²) >= 11 is 0. The van der Waals surface area contributed by atoms with Gasteiger partial charge in [0.05, 0.1) is 0 Å². The van der Waals surface area contributed by atoms with Crippen LogP contribution in [0.5, 0.6) is 0 Å². The van der Waals surface area contributed by atoms with E-state index in [1.54, 1.807) is 0 Å². The lowest BCUT2D eigenvalue weighted by atomic mass is 10.0. The van der Waals surface area contributed by atoms with Gasteiger partial charge in [0.1, 0.15) is 0 Å². The van der Waals surface area contributed by atoms with Crippen molar-refractivity contribution in [2.75, 3.05) is 0 Å². The molecule has 1 aliphatic rings. The predicted octanol–water partition coefficient (Wildman–Crippen LogP) is 3.68. The van der Waals surface area contributed by atoms with E-state index in [1.807, 2.05) is 0 Å². The molecule has 1 aromatic carbocycles. The topological polar surface area (TPSA) is 0 Å². The fraction of sp³-hybridized carbons (Fsp3) is 0.231. The summed E-state index contributed by atoms with van der Waals surface area (Å²) in [6.07, 6.45) is 7.99. The molecule has 0 heteroatoms. The number of allylic oxidation sites excluding steroid dienone is 4. The van der Waals surface area contributed by atoms with Crippen LogP contribution in [0.25, 0.3) is 0 Å². The van der Waals surface area contributed by atoms with Gasteiger partial charge in [-0.15, -0.1) is 0 Å². The Balaban J connectivity index is 2.22. The predicted molar refractivity (Wildman–Crippen MR) is 56.7 cm³/mol. The standard InChI is InChI=1S/C13H14/c1-2-11-8-9-13(10-11)12-6-4-3-5-7-12/h3-10,13H,2H2,1H3. The maximum absolute atomic E-state index is 2.34. The smallest absolute Gasteiger partial charge is 0.0207 e. The van der Waals surface area contributed by atoms with E-state index in [4.69, 9.17) is 0 Å². The summed E-state index contributed by atoms with van der Waals surface area (Å²) < 4.78 is 0. The van der Waals surface area contributed by atoms with Gasteiger partial charge in [-0.05, 0) is 12.0 Å². The lowest BCUT2D eigenvalue weighted by molar-refractivity contribution is 1.08. The average Bonchev–Trinajstić information content (AvgIpc) is 2.67. The summed E-state index contributed by atoms with van der Waals surface area (Å²) in [5, 5.41) is 0. The highest BCUT2D eigenvalue weighted by atomic mass is 14.1. The summed E-state index contributed by atoms with van der Waals surface area (Å²) in [7, 11) is 0. The van der Waals surface area contributed by atoms with Crippen LogP contribution in [0, 0.1) is 0 Å². The molecule has 1 aromatic rings. The van der Waals surface area contributed by atoms with Crippen LogP contribution >= 0.6 is 0 Å². The van der Waals surface area contributed by atoms with Gasteiger partial charge in [0.25, 0.3) is 0 Å². The van der Waals surface area contributed by atoms with Crippen LogP contribution < -0.4 is 0 Å². The highest BCUT2D eigenvalue weighted by Crippen LogP contribution is 2.27. The van der Waals surface area contributed by atoms with Gasteiger partial charge < -0.3 is 0 Å². The molecular weight excluding hydrogens is 156 g/mol. The first kappa shape index (κ1) is 8.31. The van der Waals surface area contributed by atoms with Crippen LogP contribution in [-0.2, 0) is 0 Å². The third kappa shape index (κ3) is 1.72. The molecule has 66 valence electrons. The van der Waals surface area contributed by atoms with Crippen molar-refractivity contribution in [2.45, 2.75) is 19.3 Å². The molecule has 0 aliphatic heterocycles. The van der Waals surface area contributed by atoms with Crippen LogP contribution in [-0.4, -0.2) is 0 Å². The van der Waals surface area contributed by atoms with Gasteiger partial charge in [-0.25, -0.2) is 0 Å². The van der Waals surface area contributed by atoms with Crippen LogP contribution in [0.4, 0.5) is 0 Å². The van der Waals surface area contributed by atoms with Crippen molar-refractivity contribution >= 4 is 0 Å². The SMILES string of the molecule is CCC1=CC(c2ccccc2)C=C1. The third-order valence-electron chi connectivity index (χ3n) is 2.50. The van der Waals surface area contributed by atoms with Crippen molar-refractivity contribution < 1.29 is 0 Å². The van der Waals surface area contributed by atoms with Crippen molar-refractivity contribution in [2.24, 2.45) is 0 Å². The minimum Gasteiger partial charge on any atom is -0.0730 e. The second-order valence-electron chi connectivity index (χ2n) is 3.39. The molecule has 0 saturated carbocycles. The van der Waals surface area contributed by atoms with Gasteiger partial charge in [-0.2, -0.15) is 0 Å². The van der Waals surface area contributed by atoms with Gasteiger partial charge in [-0.1, -0.05) is 61.1 Å². The summed E-state index contributed by atoms with van der Waals surface area (Å²) in [6.45, 7) is 2.20. The second kappa shape index (κ2) is 3.61. The first-order valence-corrected chi connectivity index (χ1v) is 4.84. The van der Waals surface area contributed by atoms with Gasteiger partial charge in [-0.3, -0.25) is 0 Å². The Hall–Kier alpha value is -1.30. The lowest BCUT2D eigenvalue weighted by Crippen LogP contribution is -1.86. The largest absolute Gasteiger partial charge is 0.0730 e. The Labute approximate surface area is 79.6 Å². The molecule has 0 amide bonds. The van der Waals surface area contributed by atoms with E-state index in [-0.39, 0.29) is 0 Å². The summed E-state index contributed by atoms with van der Waals surface area (Å²) in [5.41, 5.74) is 2.84. The van der Waals surface area contributed by atoms with E-state index < -0.39 is 0 Å².